The van der Waals surface area contributed by atoms with E-state index >= 15 is 0 Å². The number of hydrogen-bond acceptors (Lipinski definition) is 1. The lowest BCUT2D eigenvalue weighted by molar-refractivity contribution is 0.581. The Balaban J connectivity index is 2.18. The zero-order valence-electron chi connectivity index (χ0n) is 11.7. The minimum Gasteiger partial charge on any atom is -0.269 e. The molecule has 0 unspecified atom stereocenters. The fourth-order valence-electron chi connectivity index (χ4n) is 2.49. The van der Waals surface area contributed by atoms with Crippen molar-refractivity contribution < 1.29 is 0 Å². The number of benzene rings is 1. The maximum Gasteiger partial charge on any atom is 0.0668 e. The molecule has 19 heavy (non-hydrogen) atoms. The van der Waals surface area contributed by atoms with Crippen molar-refractivity contribution in [2.75, 3.05) is 0 Å². The Bertz CT molecular complexity index is 517. The maximum atomic E-state index is 6.07. The summed E-state index contributed by atoms with van der Waals surface area (Å²) in [5.41, 5.74) is 5.04. The van der Waals surface area contributed by atoms with Crippen LogP contribution < -0.4 is 0 Å². The Morgan fingerprint density at radius 1 is 1.11 bits per heavy atom. The third kappa shape index (κ3) is 3.19. The quantitative estimate of drug-likeness (QED) is 0.730. The third-order valence-corrected chi connectivity index (χ3v) is 3.78. The van der Waals surface area contributed by atoms with Crippen molar-refractivity contribution in [1.29, 1.82) is 0 Å². The van der Waals surface area contributed by atoms with Crippen LogP contribution in [0.2, 0.25) is 0 Å². The Hall–Kier alpha value is -1.28. The molecule has 0 aliphatic rings. The molecule has 2 nitrogen and oxygen atoms in total. The molecule has 0 bridgehead atoms. The molecule has 3 heteroatoms. The van der Waals surface area contributed by atoms with Crippen LogP contribution in [0.3, 0.4) is 0 Å². The van der Waals surface area contributed by atoms with Gasteiger partial charge in [-0.05, 0) is 24.8 Å². The number of halogens is 1. The molecule has 0 fully saturated rings. The normalized spacial score (nSPS) is 10.9. The molecule has 0 saturated heterocycles. The Labute approximate surface area is 120 Å². The first-order valence-corrected chi connectivity index (χ1v) is 7.50. The summed E-state index contributed by atoms with van der Waals surface area (Å²) in [6.45, 7) is 5.24. The standard InChI is InChI=1S/C16H21ClN2/c1-3-15-14(12-17)16(4-2)19(18-15)11-10-13-8-6-5-7-9-13/h5-9H,3-4,10-12H2,1-2H3. The highest BCUT2D eigenvalue weighted by Crippen LogP contribution is 2.19. The first kappa shape index (κ1) is 14.1. The second-order valence-corrected chi connectivity index (χ2v) is 4.94. The van der Waals surface area contributed by atoms with E-state index in [0.29, 0.717) is 5.88 Å². The number of aromatic nitrogens is 2. The lowest BCUT2D eigenvalue weighted by atomic mass is 10.1. The van der Waals surface area contributed by atoms with Gasteiger partial charge in [-0.1, -0.05) is 44.2 Å². The third-order valence-electron chi connectivity index (χ3n) is 3.51. The van der Waals surface area contributed by atoms with Gasteiger partial charge in [0, 0.05) is 17.8 Å². The van der Waals surface area contributed by atoms with Crippen LogP contribution in [0.1, 0.15) is 36.4 Å². The topological polar surface area (TPSA) is 17.8 Å². The average Bonchev–Trinajstić information content (AvgIpc) is 2.82. The molecule has 0 spiro atoms. The summed E-state index contributed by atoms with van der Waals surface area (Å²) >= 11 is 6.07. The van der Waals surface area contributed by atoms with Gasteiger partial charge in [-0.15, -0.1) is 11.6 Å². The van der Waals surface area contributed by atoms with Gasteiger partial charge in [0.2, 0.25) is 0 Å². The molecule has 102 valence electrons. The lowest BCUT2D eigenvalue weighted by Crippen LogP contribution is -2.07. The van der Waals surface area contributed by atoms with E-state index in [2.05, 4.69) is 48.9 Å². The highest BCUT2D eigenvalue weighted by atomic mass is 35.5. The van der Waals surface area contributed by atoms with E-state index in [1.165, 1.54) is 16.8 Å². The van der Waals surface area contributed by atoms with Gasteiger partial charge in [-0.25, -0.2) is 0 Å². The van der Waals surface area contributed by atoms with Gasteiger partial charge in [0.15, 0.2) is 0 Å². The predicted molar refractivity (Wildman–Crippen MR) is 80.7 cm³/mol. The van der Waals surface area contributed by atoms with E-state index < -0.39 is 0 Å². The van der Waals surface area contributed by atoms with Crippen LogP contribution in [0.15, 0.2) is 30.3 Å². The Morgan fingerprint density at radius 2 is 1.84 bits per heavy atom. The summed E-state index contributed by atoms with van der Waals surface area (Å²) in [7, 11) is 0. The lowest BCUT2D eigenvalue weighted by Gasteiger charge is -2.07. The minimum atomic E-state index is 0.567. The highest BCUT2D eigenvalue weighted by molar-refractivity contribution is 6.17. The average molecular weight is 277 g/mol. The number of rotatable bonds is 6. The van der Waals surface area contributed by atoms with Gasteiger partial charge < -0.3 is 0 Å². The number of hydrogen-bond donors (Lipinski definition) is 0. The van der Waals surface area contributed by atoms with Gasteiger partial charge in [0.1, 0.15) is 0 Å². The van der Waals surface area contributed by atoms with E-state index in [1.807, 2.05) is 0 Å². The molecular weight excluding hydrogens is 256 g/mol. The number of alkyl halides is 1. The van der Waals surface area contributed by atoms with E-state index in [0.717, 1.165) is 31.5 Å². The molecule has 0 N–H and O–H groups in total. The molecule has 1 heterocycles. The minimum absolute atomic E-state index is 0.567. The summed E-state index contributed by atoms with van der Waals surface area (Å²) in [5, 5.41) is 4.72. The van der Waals surface area contributed by atoms with Crippen LogP contribution in [0.4, 0.5) is 0 Å². The molecule has 1 aromatic carbocycles. The van der Waals surface area contributed by atoms with Crippen molar-refractivity contribution >= 4 is 11.6 Å². The van der Waals surface area contributed by atoms with Gasteiger partial charge >= 0.3 is 0 Å². The summed E-state index contributed by atoms with van der Waals surface area (Å²) < 4.78 is 2.14. The molecule has 0 amide bonds. The van der Waals surface area contributed by atoms with E-state index in [4.69, 9.17) is 16.7 Å². The maximum absolute atomic E-state index is 6.07. The molecule has 1 aromatic heterocycles. The zero-order chi connectivity index (χ0) is 13.7. The monoisotopic (exact) mass is 276 g/mol. The van der Waals surface area contributed by atoms with Gasteiger partial charge in [0.25, 0.3) is 0 Å². The summed E-state index contributed by atoms with van der Waals surface area (Å²) in [4.78, 5) is 0. The van der Waals surface area contributed by atoms with Gasteiger partial charge in [-0.2, -0.15) is 5.10 Å². The predicted octanol–water partition coefficient (Wildman–Crippen LogP) is 3.99. The summed E-state index contributed by atoms with van der Waals surface area (Å²) in [5.74, 6) is 0.567. The van der Waals surface area contributed by atoms with Gasteiger partial charge in [0.05, 0.1) is 11.6 Å². The van der Waals surface area contributed by atoms with Crippen molar-refractivity contribution in [2.24, 2.45) is 0 Å². The molecule has 2 aromatic rings. The second-order valence-electron chi connectivity index (χ2n) is 4.67. The summed E-state index contributed by atoms with van der Waals surface area (Å²) in [6.07, 6.45) is 2.96. The first-order valence-electron chi connectivity index (χ1n) is 6.97. The molecule has 0 radical (unpaired) electrons. The molecule has 0 aliphatic heterocycles. The van der Waals surface area contributed by atoms with E-state index in [-0.39, 0.29) is 0 Å². The molecule has 0 saturated carbocycles. The molecule has 2 rings (SSSR count). The van der Waals surface area contributed by atoms with Crippen LogP contribution in [0, 0.1) is 0 Å². The van der Waals surface area contributed by atoms with Crippen LogP contribution >= 0.6 is 11.6 Å². The first-order chi connectivity index (χ1) is 9.30. The van der Waals surface area contributed by atoms with E-state index in [9.17, 15) is 0 Å². The fourth-order valence-corrected chi connectivity index (χ4v) is 2.80. The smallest absolute Gasteiger partial charge is 0.0668 e. The van der Waals surface area contributed by atoms with Crippen LogP contribution in [0.5, 0.6) is 0 Å². The van der Waals surface area contributed by atoms with E-state index in [1.54, 1.807) is 0 Å². The molecular formula is C16H21ClN2. The Morgan fingerprint density at radius 3 is 2.42 bits per heavy atom. The highest BCUT2D eigenvalue weighted by Gasteiger charge is 2.14. The van der Waals surface area contributed by atoms with Crippen molar-refractivity contribution in [1.82, 2.24) is 9.78 Å². The van der Waals surface area contributed by atoms with Crippen LogP contribution in [-0.2, 0) is 31.7 Å². The van der Waals surface area contributed by atoms with Crippen molar-refractivity contribution in [3.8, 4) is 0 Å². The fraction of sp³-hybridized carbons (Fsp3) is 0.438. The van der Waals surface area contributed by atoms with Gasteiger partial charge in [-0.3, -0.25) is 4.68 Å². The second kappa shape index (κ2) is 6.76. The Kier molecular flexibility index (Phi) is 5.03. The van der Waals surface area contributed by atoms with Crippen LogP contribution in [-0.4, -0.2) is 9.78 Å². The van der Waals surface area contributed by atoms with Crippen molar-refractivity contribution in [2.45, 2.75) is 45.5 Å². The number of nitrogens with zero attached hydrogens (tertiary/aromatic N) is 2. The molecule has 0 aliphatic carbocycles. The van der Waals surface area contributed by atoms with Crippen molar-refractivity contribution in [3.63, 3.8) is 0 Å². The number of aryl methyl sites for hydroxylation is 3. The largest absolute Gasteiger partial charge is 0.269 e. The summed E-state index contributed by atoms with van der Waals surface area (Å²) in [6, 6.07) is 10.5. The zero-order valence-corrected chi connectivity index (χ0v) is 12.5. The van der Waals surface area contributed by atoms with Crippen LogP contribution in [0.25, 0.3) is 0 Å². The van der Waals surface area contributed by atoms with Crippen molar-refractivity contribution in [3.05, 3.63) is 52.8 Å². The SMILES string of the molecule is CCc1nn(CCc2ccccc2)c(CC)c1CCl. The molecule has 0 atom stereocenters.